The largest absolute Gasteiger partial charge is 0.497 e. The summed E-state index contributed by atoms with van der Waals surface area (Å²) < 4.78 is 7.48. The lowest BCUT2D eigenvalue weighted by molar-refractivity contribution is 0.0792. The van der Waals surface area contributed by atoms with Crippen molar-refractivity contribution in [3.63, 3.8) is 0 Å². The Hall–Kier alpha value is -3.19. The standard InChI is InChI=1S/C22H20N4O2S/c1-28-17-8-6-15(7-9-17)20-24-18-4-2-11-23-21(18)26(20)16-10-12-25(14-16)22(27)19-5-3-13-29-19/h2-9,11,13,16H,10,12,14H2,1H3. The van der Waals surface area contributed by atoms with E-state index in [2.05, 4.69) is 9.55 Å². The van der Waals surface area contributed by atoms with Crippen LogP contribution >= 0.6 is 11.3 Å². The second kappa shape index (κ2) is 7.33. The Morgan fingerprint density at radius 2 is 2.03 bits per heavy atom. The fourth-order valence-electron chi connectivity index (χ4n) is 3.91. The van der Waals surface area contributed by atoms with E-state index in [1.54, 1.807) is 13.3 Å². The SMILES string of the molecule is COc1ccc(-c2nc3cccnc3n2C2CCN(C(=O)c3cccs3)C2)cc1. The van der Waals surface area contributed by atoms with Crippen molar-refractivity contribution in [2.45, 2.75) is 12.5 Å². The highest BCUT2D eigenvalue weighted by Crippen LogP contribution is 2.33. The molecule has 4 aromatic rings. The van der Waals surface area contributed by atoms with E-state index >= 15 is 0 Å². The van der Waals surface area contributed by atoms with Crippen molar-refractivity contribution in [3.8, 4) is 17.1 Å². The summed E-state index contributed by atoms with van der Waals surface area (Å²) >= 11 is 1.49. The lowest BCUT2D eigenvalue weighted by Gasteiger charge is -2.18. The van der Waals surface area contributed by atoms with Gasteiger partial charge in [0.05, 0.1) is 18.0 Å². The molecule has 6 nitrogen and oxygen atoms in total. The van der Waals surface area contributed by atoms with Crippen LogP contribution in [0.5, 0.6) is 5.75 Å². The molecule has 4 heterocycles. The van der Waals surface area contributed by atoms with Crippen molar-refractivity contribution in [2.24, 2.45) is 0 Å². The Morgan fingerprint density at radius 3 is 2.79 bits per heavy atom. The molecule has 146 valence electrons. The van der Waals surface area contributed by atoms with Crippen LogP contribution in [-0.4, -0.2) is 45.5 Å². The number of benzene rings is 1. The number of fused-ring (bicyclic) bond motifs is 1. The topological polar surface area (TPSA) is 60.3 Å². The third-order valence-electron chi connectivity index (χ3n) is 5.34. The van der Waals surface area contributed by atoms with Gasteiger partial charge in [-0.15, -0.1) is 11.3 Å². The number of pyridine rings is 1. The highest BCUT2D eigenvalue weighted by Gasteiger charge is 2.31. The number of thiophene rings is 1. The van der Waals surface area contributed by atoms with Gasteiger partial charge >= 0.3 is 0 Å². The van der Waals surface area contributed by atoms with E-state index in [4.69, 9.17) is 9.72 Å². The van der Waals surface area contributed by atoms with Gasteiger partial charge in [0.1, 0.15) is 17.1 Å². The number of aromatic nitrogens is 3. The molecular formula is C22H20N4O2S. The van der Waals surface area contributed by atoms with Crippen LogP contribution in [0.1, 0.15) is 22.1 Å². The van der Waals surface area contributed by atoms with E-state index in [0.29, 0.717) is 6.54 Å². The molecule has 3 aromatic heterocycles. The summed E-state index contributed by atoms with van der Waals surface area (Å²) in [5.74, 6) is 1.78. The highest BCUT2D eigenvalue weighted by atomic mass is 32.1. The van der Waals surface area contributed by atoms with Crippen molar-refractivity contribution in [1.82, 2.24) is 19.4 Å². The van der Waals surface area contributed by atoms with Gasteiger partial charge in [0.15, 0.2) is 5.65 Å². The maximum atomic E-state index is 12.8. The van der Waals surface area contributed by atoms with Crippen LogP contribution in [0.15, 0.2) is 60.1 Å². The van der Waals surface area contributed by atoms with Gasteiger partial charge in [-0.05, 0) is 54.3 Å². The summed E-state index contributed by atoms with van der Waals surface area (Å²) in [7, 11) is 1.66. The molecule has 1 fully saturated rings. The van der Waals surface area contributed by atoms with Gasteiger partial charge in [0, 0.05) is 24.8 Å². The van der Waals surface area contributed by atoms with Crippen LogP contribution in [0.4, 0.5) is 0 Å². The number of imidazole rings is 1. The van der Waals surface area contributed by atoms with Gasteiger partial charge in [-0.3, -0.25) is 4.79 Å². The quantitative estimate of drug-likeness (QED) is 0.510. The number of nitrogens with zero attached hydrogens (tertiary/aromatic N) is 4. The Bertz CT molecular complexity index is 1150. The van der Waals surface area contributed by atoms with Crippen LogP contribution in [0, 0.1) is 0 Å². The Balaban J connectivity index is 1.53. The molecule has 1 atom stereocenters. The van der Waals surface area contributed by atoms with Gasteiger partial charge in [-0.2, -0.15) is 0 Å². The van der Waals surface area contributed by atoms with E-state index in [1.807, 2.05) is 58.8 Å². The number of likely N-dealkylation sites (tertiary alicyclic amines) is 1. The average molecular weight is 404 g/mol. The number of carbonyl (C=O) groups excluding carboxylic acids is 1. The van der Waals surface area contributed by atoms with Crippen LogP contribution < -0.4 is 4.74 Å². The van der Waals surface area contributed by atoms with Gasteiger partial charge in [0.2, 0.25) is 0 Å². The van der Waals surface area contributed by atoms with E-state index in [-0.39, 0.29) is 11.9 Å². The normalized spacial score (nSPS) is 16.4. The first kappa shape index (κ1) is 17.9. The number of amides is 1. The third-order valence-corrected chi connectivity index (χ3v) is 6.20. The number of ether oxygens (including phenoxy) is 1. The lowest BCUT2D eigenvalue weighted by atomic mass is 10.2. The molecule has 0 N–H and O–H groups in total. The molecule has 1 unspecified atom stereocenters. The fourth-order valence-corrected chi connectivity index (χ4v) is 4.60. The monoisotopic (exact) mass is 404 g/mol. The Labute approximate surface area is 172 Å². The fraction of sp³-hybridized carbons (Fsp3) is 0.227. The van der Waals surface area contributed by atoms with Crippen molar-refractivity contribution in [2.75, 3.05) is 20.2 Å². The molecule has 0 spiro atoms. The first-order valence-corrected chi connectivity index (χ1v) is 10.4. The minimum absolute atomic E-state index is 0.103. The van der Waals surface area contributed by atoms with Crippen molar-refractivity contribution in [3.05, 3.63) is 65.0 Å². The number of hydrogen-bond donors (Lipinski definition) is 0. The molecular weight excluding hydrogens is 384 g/mol. The van der Waals surface area contributed by atoms with Crippen LogP contribution in [0.2, 0.25) is 0 Å². The Morgan fingerprint density at radius 1 is 1.17 bits per heavy atom. The summed E-state index contributed by atoms with van der Waals surface area (Å²) in [5.41, 5.74) is 2.72. The first-order chi connectivity index (χ1) is 14.2. The summed E-state index contributed by atoms with van der Waals surface area (Å²) in [6.07, 6.45) is 2.67. The summed E-state index contributed by atoms with van der Waals surface area (Å²) in [6, 6.07) is 15.7. The van der Waals surface area contributed by atoms with E-state index in [0.717, 1.165) is 46.1 Å². The van der Waals surface area contributed by atoms with Crippen molar-refractivity contribution in [1.29, 1.82) is 0 Å². The van der Waals surface area contributed by atoms with Gasteiger partial charge in [-0.25, -0.2) is 9.97 Å². The highest BCUT2D eigenvalue weighted by molar-refractivity contribution is 7.12. The molecule has 29 heavy (non-hydrogen) atoms. The first-order valence-electron chi connectivity index (χ1n) is 9.55. The molecule has 1 saturated heterocycles. The molecule has 7 heteroatoms. The Kier molecular flexibility index (Phi) is 4.52. The lowest BCUT2D eigenvalue weighted by Crippen LogP contribution is -2.28. The number of hydrogen-bond acceptors (Lipinski definition) is 5. The van der Waals surface area contributed by atoms with Crippen molar-refractivity contribution < 1.29 is 9.53 Å². The molecule has 0 saturated carbocycles. The summed E-state index contributed by atoms with van der Waals surface area (Å²) in [6.45, 7) is 1.39. The molecule has 0 bridgehead atoms. The summed E-state index contributed by atoms with van der Waals surface area (Å²) in [4.78, 5) is 25.0. The predicted molar refractivity (Wildman–Crippen MR) is 113 cm³/mol. The number of carbonyl (C=O) groups is 1. The smallest absolute Gasteiger partial charge is 0.263 e. The molecule has 1 aromatic carbocycles. The second-order valence-corrected chi connectivity index (χ2v) is 8.00. The zero-order chi connectivity index (χ0) is 19.8. The number of methoxy groups -OCH3 is 1. The second-order valence-electron chi connectivity index (χ2n) is 7.05. The van der Waals surface area contributed by atoms with Crippen molar-refractivity contribution >= 4 is 28.4 Å². The van der Waals surface area contributed by atoms with E-state index in [1.165, 1.54) is 11.3 Å². The average Bonchev–Trinajstić information content (AvgIpc) is 3.52. The zero-order valence-electron chi connectivity index (χ0n) is 16.0. The van der Waals surface area contributed by atoms with Gasteiger partial charge in [-0.1, -0.05) is 6.07 Å². The molecule has 0 radical (unpaired) electrons. The molecule has 5 rings (SSSR count). The maximum Gasteiger partial charge on any atom is 0.263 e. The minimum Gasteiger partial charge on any atom is -0.497 e. The third kappa shape index (κ3) is 3.17. The number of rotatable bonds is 4. The molecule has 0 aliphatic carbocycles. The maximum absolute atomic E-state index is 12.8. The van der Waals surface area contributed by atoms with E-state index < -0.39 is 0 Å². The molecule has 1 aliphatic rings. The van der Waals surface area contributed by atoms with Gasteiger partial charge in [0.25, 0.3) is 5.91 Å². The van der Waals surface area contributed by atoms with Crippen LogP contribution in [-0.2, 0) is 0 Å². The zero-order valence-corrected chi connectivity index (χ0v) is 16.8. The van der Waals surface area contributed by atoms with Crippen LogP contribution in [0.3, 0.4) is 0 Å². The minimum atomic E-state index is 0.103. The molecule has 1 amide bonds. The summed E-state index contributed by atoms with van der Waals surface area (Å²) in [5, 5.41) is 1.94. The van der Waals surface area contributed by atoms with Crippen LogP contribution in [0.25, 0.3) is 22.6 Å². The van der Waals surface area contributed by atoms with E-state index in [9.17, 15) is 4.79 Å². The predicted octanol–water partition coefficient (Wildman–Crippen LogP) is 4.26. The van der Waals surface area contributed by atoms with Gasteiger partial charge < -0.3 is 14.2 Å². The molecule has 1 aliphatic heterocycles.